The van der Waals surface area contributed by atoms with Gasteiger partial charge < -0.3 is 19.7 Å². The minimum Gasteiger partial charge on any atom is -0.491 e. The number of aryl methyl sites for hydroxylation is 1. The first-order chi connectivity index (χ1) is 10.5. The highest BCUT2D eigenvalue weighted by Crippen LogP contribution is 2.18. The molecule has 0 radical (unpaired) electrons. The fourth-order valence-corrected chi connectivity index (χ4v) is 2.14. The van der Waals surface area contributed by atoms with Crippen molar-refractivity contribution in [1.29, 1.82) is 0 Å². The standard InChI is InChI=1S/C17H22N2O3/c1-12(2)22-14-8-6-13(7-9-14)16(20)11-18-17(21)15-5-4-10-19(15)3/h4-10,12,16,20H,11H2,1-3H3,(H,18,21). The van der Waals surface area contributed by atoms with Crippen LogP contribution in [0.5, 0.6) is 5.75 Å². The van der Waals surface area contributed by atoms with Gasteiger partial charge in [0.2, 0.25) is 0 Å². The number of rotatable bonds is 6. The van der Waals surface area contributed by atoms with Gasteiger partial charge in [-0.2, -0.15) is 0 Å². The Labute approximate surface area is 130 Å². The van der Waals surface area contributed by atoms with Crippen molar-refractivity contribution in [3.63, 3.8) is 0 Å². The van der Waals surface area contributed by atoms with E-state index in [4.69, 9.17) is 4.74 Å². The van der Waals surface area contributed by atoms with E-state index in [1.807, 2.05) is 26.0 Å². The van der Waals surface area contributed by atoms with Gasteiger partial charge in [-0.1, -0.05) is 12.1 Å². The normalized spacial score (nSPS) is 12.2. The molecule has 2 N–H and O–H groups in total. The van der Waals surface area contributed by atoms with Gasteiger partial charge in [-0.05, 0) is 43.7 Å². The minimum atomic E-state index is -0.752. The van der Waals surface area contributed by atoms with Crippen molar-refractivity contribution in [3.05, 3.63) is 53.9 Å². The van der Waals surface area contributed by atoms with Crippen LogP contribution in [0.4, 0.5) is 0 Å². The van der Waals surface area contributed by atoms with Crippen LogP contribution in [-0.4, -0.2) is 28.2 Å². The van der Waals surface area contributed by atoms with Gasteiger partial charge >= 0.3 is 0 Å². The van der Waals surface area contributed by atoms with Crippen molar-refractivity contribution in [3.8, 4) is 5.75 Å². The number of aromatic nitrogens is 1. The lowest BCUT2D eigenvalue weighted by atomic mass is 10.1. The molecule has 2 aromatic rings. The molecule has 5 nitrogen and oxygen atoms in total. The van der Waals surface area contributed by atoms with Crippen LogP contribution in [0.2, 0.25) is 0 Å². The summed E-state index contributed by atoms with van der Waals surface area (Å²) in [5.74, 6) is 0.560. The summed E-state index contributed by atoms with van der Waals surface area (Å²) in [7, 11) is 1.80. The first-order valence-electron chi connectivity index (χ1n) is 7.31. The summed E-state index contributed by atoms with van der Waals surface area (Å²) in [4.78, 5) is 12.0. The number of carbonyl (C=O) groups excluding carboxylic acids is 1. The number of nitrogens with one attached hydrogen (secondary N) is 1. The Hall–Kier alpha value is -2.27. The third-order valence-corrected chi connectivity index (χ3v) is 3.27. The van der Waals surface area contributed by atoms with Crippen LogP contribution >= 0.6 is 0 Å². The van der Waals surface area contributed by atoms with Crippen LogP contribution in [0.3, 0.4) is 0 Å². The Kier molecular flexibility index (Phi) is 5.22. The lowest BCUT2D eigenvalue weighted by Gasteiger charge is -2.14. The summed E-state index contributed by atoms with van der Waals surface area (Å²) in [5, 5.41) is 12.9. The monoisotopic (exact) mass is 302 g/mol. The maximum Gasteiger partial charge on any atom is 0.267 e. The summed E-state index contributed by atoms with van der Waals surface area (Å²) in [6.45, 7) is 4.08. The smallest absolute Gasteiger partial charge is 0.267 e. The number of hydrogen-bond acceptors (Lipinski definition) is 3. The molecule has 1 aromatic heterocycles. The van der Waals surface area contributed by atoms with E-state index < -0.39 is 6.10 Å². The van der Waals surface area contributed by atoms with Crippen LogP contribution in [0.15, 0.2) is 42.6 Å². The predicted molar refractivity (Wildman–Crippen MR) is 84.9 cm³/mol. The molecule has 1 amide bonds. The molecule has 0 aliphatic heterocycles. The molecule has 0 saturated heterocycles. The number of ether oxygens (including phenoxy) is 1. The molecular formula is C17H22N2O3. The quantitative estimate of drug-likeness (QED) is 0.860. The van der Waals surface area contributed by atoms with Crippen LogP contribution in [-0.2, 0) is 7.05 Å². The number of aliphatic hydroxyl groups is 1. The first-order valence-corrected chi connectivity index (χ1v) is 7.31. The van der Waals surface area contributed by atoms with E-state index in [0.717, 1.165) is 11.3 Å². The van der Waals surface area contributed by atoms with E-state index in [9.17, 15) is 9.90 Å². The molecule has 2 rings (SSSR count). The van der Waals surface area contributed by atoms with Crippen molar-refractivity contribution < 1.29 is 14.6 Å². The molecule has 1 unspecified atom stereocenters. The van der Waals surface area contributed by atoms with Crippen molar-refractivity contribution in [2.24, 2.45) is 7.05 Å². The Balaban J connectivity index is 1.90. The van der Waals surface area contributed by atoms with Crippen molar-refractivity contribution in [1.82, 2.24) is 9.88 Å². The highest BCUT2D eigenvalue weighted by atomic mass is 16.5. The number of hydrogen-bond donors (Lipinski definition) is 2. The Morgan fingerprint density at radius 2 is 1.95 bits per heavy atom. The largest absolute Gasteiger partial charge is 0.491 e. The Morgan fingerprint density at radius 1 is 1.27 bits per heavy atom. The number of carbonyl (C=O) groups is 1. The molecule has 0 bridgehead atoms. The van der Waals surface area contributed by atoms with Gasteiger partial charge in [0.1, 0.15) is 11.4 Å². The van der Waals surface area contributed by atoms with E-state index in [1.54, 1.807) is 42.1 Å². The second-order valence-corrected chi connectivity index (χ2v) is 5.47. The summed E-state index contributed by atoms with van der Waals surface area (Å²) < 4.78 is 7.29. The maximum absolute atomic E-state index is 12.0. The van der Waals surface area contributed by atoms with Crippen LogP contribution in [0.25, 0.3) is 0 Å². The summed E-state index contributed by atoms with van der Waals surface area (Å²) in [5.41, 5.74) is 1.30. The molecule has 0 fully saturated rings. The SMILES string of the molecule is CC(C)Oc1ccc(C(O)CNC(=O)c2cccn2C)cc1. The fraction of sp³-hybridized carbons (Fsp3) is 0.353. The van der Waals surface area contributed by atoms with E-state index in [1.165, 1.54) is 0 Å². The average molecular weight is 302 g/mol. The lowest BCUT2D eigenvalue weighted by molar-refractivity contribution is 0.0908. The van der Waals surface area contributed by atoms with E-state index in [0.29, 0.717) is 5.69 Å². The molecule has 1 aromatic carbocycles. The molecular weight excluding hydrogens is 280 g/mol. The zero-order valence-electron chi connectivity index (χ0n) is 13.1. The minimum absolute atomic E-state index is 0.111. The number of aliphatic hydroxyl groups excluding tert-OH is 1. The second-order valence-electron chi connectivity index (χ2n) is 5.47. The predicted octanol–water partition coefficient (Wildman–Crippen LogP) is 2.28. The molecule has 118 valence electrons. The molecule has 1 heterocycles. The highest BCUT2D eigenvalue weighted by molar-refractivity contribution is 5.92. The average Bonchev–Trinajstić information content (AvgIpc) is 2.91. The summed E-state index contributed by atoms with van der Waals surface area (Å²) in [6.07, 6.45) is 1.16. The van der Waals surface area contributed by atoms with Crippen molar-refractivity contribution in [2.75, 3.05) is 6.54 Å². The molecule has 5 heteroatoms. The van der Waals surface area contributed by atoms with Gasteiger partial charge in [-0.3, -0.25) is 4.79 Å². The molecule has 1 atom stereocenters. The third kappa shape index (κ3) is 4.11. The van der Waals surface area contributed by atoms with Crippen LogP contribution in [0.1, 0.15) is 36.0 Å². The van der Waals surface area contributed by atoms with Gasteiger partial charge in [0.25, 0.3) is 5.91 Å². The maximum atomic E-state index is 12.0. The van der Waals surface area contributed by atoms with E-state index >= 15 is 0 Å². The number of nitrogens with zero attached hydrogens (tertiary/aromatic N) is 1. The Bertz CT molecular complexity index is 617. The van der Waals surface area contributed by atoms with E-state index in [2.05, 4.69) is 5.32 Å². The zero-order chi connectivity index (χ0) is 16.1. The van der Waals surface area contributed by atoms with Crippen molar-refractivity contribution in [2.45, 2.75) is 26.1 Å². The molecule has 0 aliphatic rings. The topological polar surface area (TPSA) is 63.5 Å². The van der Waals surface area contributed by atoms with Gasteiger partial charge in [-0.25, -0.2) is 0 Å². The highest BCUT2D eigenvalue weighted by Gasteiger charge is 2.12. The van der Waals surface area contributed by atoms with Crippen molar-refractivity contribution >= 4 is 5.91 Å². The number of amides is 1. The molecule has 0 saturated carbocycles. The molecule has 0 spiro atoms. The lowest BCUT2D eigenvalue weighted by Crippen LogP contribution is -2.29. The van der Waals surface area contributed by atoms with Gasteiger partial charge in [0.05, 0.1) is 12.2 Å². The first kappa shape index (κ1) is 16.1. The van der Waals surface area contributed by atoms with Gasteiger partial charge in [-0.15, -0.1) is 0 Å². The zero-order valence-corrected chi connectivity index (χ0v) is 13.1. The van der Waals surface area contributed by atoms with Gasteiger partial charge in [0.15, 0.2) is 0 Å². The van der Waals surface area contributed by atoms with Crippen LogP contribution in [0, 0.1) is 0 Å². The third-order valence-electron chi connectivity index (χ3n) is 3.27. The molecule has 0 aliphatic carbocycles. The Morgan fingerprint density at radius 3 is 2.50 bits per heavy atom. The number of benzene rings is 1. The summed E-state index contributed by atoms with van der Waals surface area (Å²) >= 11 is 0. The fourth-order valence-electron chi connectivity index (χ4n) is 2.14. The molecule has 22 heavy (non-hydrogen) atoms. The second kappa shape index (κ2) is 7.13. The van der Waals surface area contributed by atoms with E-state index in [-0.39, 0.29) is 18.6 Å². The summed E-state index contributed by atoms with van der Waals surface area (Å²) in [6, 6.07) is 10.8. The van der Waals surface area contributed by atoms with Gasteiger partial charge in [0, 0.05) is 19.8 Å². The van der Waals surface area contributed by atoms with Crippen LogP contribution < -0.4 is 10.1 Å².